The normalized spacial score (nSPS) is 13.8. The average Bonchev–Trinajstić information content (AvgIpc) is 2.74. The van der Waals surface area contributed by atoms with E-state index in [2.05, 4.69) is 17.2 Å². The first-order chi connectivity index (χ1) is 15.8. The van der Waals surface area contributed by atoms with Crippen LogP contribution in [0.2, 0.25) is 0 Å². The largest absolute Gasteiger partial charge is 0.384 e. The Morgan fingerprint density at radius 1 is 1.09 bits per heavy atom. The van der Waals surface area contributed by atoms with Crippen LogP contribution in [-0.4, -0.2) is 74.6 Å². The molecular formula is C25H47N3O6. The van der Waals surface area contributed by atoms with Crippen LogP contribution in [0.15, 0.2) is 12.7 Å². The summed E-state index contributed by atoms with van der Waals surface area (Å²) in [6.45, 7) is 16.2. The van der Waals surface area contributed by atoms with E-state index in [-0.39, 0.29) is 36.1 Å². The molecule has 0 saturated carbocycles. The third-order valence-corrected chi connectivity index (χ3v) is 5.84. The lowest BCUT2D eigenvalue weighted by molar-refractivity contribution is -0.165. The second kappa shape index (κ2) is 15.1. The van der Waals surface area contributed by atoms with Gasteiger partial charge in [0.1, 0.15) is 6.04 Å². The van der Waals surface area contributed by atoms with Gasteiger partial charge in [0.2, 0.25) is 17.7 Å². The second-order valence-electron chi connectivity index (χ2n) is 10.5. The Hall–Kier alpha value is -1.97. The Bertz CT molecular complexity index is 654. The summed E-state index contributed by atoms with van der Waals surface area (Å²) in [5.74, 6) is -1.80. The van der Waals surface area contributed by atoms with Crippen LogP contribution in [0.3, 0.4) is 0 Å². The van der Waals surface area contributed by atoms with Gasteiger partial charge >= 0.3 is 0 Å². The molecule has 9 nitrogen and oxygen atoms in total. The van der Waals surface area contributed by atoms with Crippen molar-refractivity contribution < 1.29 is 29.1 Å². The van der Waals surface area contributed by atoms with E-state index in [4.69, 9.17) is 9.47 Å². The maximum atomic E-state index is 13.2. The Labute approximate surface area is 205 Å². The molecule has 0 aromatic heterocycles. The molecule has 0 unspecified atom stereocenters. The molecule has 3 amide bonds. The van der Waals surface area contributed by atoms with Gasteiger partial charge in [-0.1, -0.05) is 47.6 Å². The number of ether oxygens (including phenoxy) is 2. The summed E-state index contributed by atoms with van der Waals surface area (Å²) in [5.41, 5.74) is -0.955. The van der Waals surface area contributed by atoms with Crippen molar-refractivity contribution in [2.75, 3.05) is 40.5 Å². The molecule has 0 aliphatic carbocycles. The number of rotatable bonds is 16. The van der Waals surface area contributed by atoms with E-state index >= 15 is 0 Å². The van der Waals surface area contributed by atoms with Crippen LogP contribution in [0, 0.1) is 22.7 Å². The Balaban J connectivity index is 5.58. The fourth-order valence-electron chi connectivity index (χ4n) is 3.79. The monoisotopic (exact) mass is 485 g/mol. The van der Waals surface area contributed by atoms with Crippen molar-refractivity contribution in [3.8, 4) is 0 Å². The fraction of sp³-hybridized carbons (Fsp3) is 0.800. The van der Waals surface area contributed by atoms with Gasteiger partial charge in [0.05, 0.1) is 19.8 Å². The summed E-state index contributed by atoms with van der Waals surface area (Å²) >= 11 is 0. The van der Waals surface area contributed by atoms with Crippen molar-refractivity contribution in [1.82, 2.24) is 15.7 Å². The average molecular weight is 486 g/mol. The second-order valence-corrected chi connectivity index (χ2v) is 10.5. The van der Waals surface area contributed by atoms with Gasteiger partial charge in [0.15, 0.2) is 0 Å². The molecule has 198 valence electrons. The van der Waals surface area contributed by atoms with Crippen molar-refractivity contribution >= 4 is 17.7 Å². The number of carbonyl (C=O) groups excluding carboxylic acids is 3. The molecule has 0 bridgehead atoms. The summed E-state index contributed by atoms with van der Waals surface area (Å²) in [4.78, 5) is 38.8. The van der Waals surface area contributed by atoms with Gasteiger partial charge in [-0.25, -0.2) is 5.06 Å². The lowest BCUT2D eigenvalue weighted by Gasteiger charge is -2.35. The van der Waals surface area contributed by atoms with E-state index in [0.29, 0.717) is 31.2 Å². The quantitative estimate of drug-likeness (QED) is 0.176. The van der Waals surface area contributed by atoms with Gasteiger partial charge < -0.3 is 20.1 Å². The van der Waals surface area contributed by atoms with Gasteiger partial charge in [0.25, 0.3) is 0 Å². The zero-order valence-electron chi connectivity index (χ0n) is 22.4. The number of hydrogen-bond acceptors (Lipinski definition) is 6. The topological polar surface area (TPSA) is 117 Å². The number of carbonyl (C=O) groups is 3. The molecule has 0 radical (unpaired) electrons. The first kappa shape index (κ1) is 32.0. The third-order valence-electron chi connectivity index (χ3n) is 5.84. The molecule has 0 aliphatic heterocycles. The highest BCUT2D eigenvalue weighted by Gasteiger charge is 2.37. The fourth-order valence-corrected chi connectivity index (χ4v) is 3.79. The van der Waals surface area contributed by atoms with E-state index in [0.717, 1.165) is 6.42 Å². The summed E-state index contributed by atoms with van der Waals surface area (Å²) in [5, 5.41) is 16.2. The van der Waals surface area contributed by atoms with Crippen LogP contribution in [0.1, 0.15) is 60.8 Å². The third kappa shape index (κ3) is 11.0. The smallest absolute Gasteiger partial charge is 0.247 e. The number of amides is 3. The zero-order valence-corrected chi connectivity index (χ0v) is 22.4. The van der Waals surface area contributed by atoms with Crippen LogP contribution < -0.4 is 10.6 Å². The lowest BCUT2D eigenvalue weighted by Crippen LogP contribution is -2.57. The highest BCUT2D eigenvalue weighted by atomic mass is 16.5. The van der Waals surface area contributed by atoms with Crippen molar-refractivity contribution in [3.05, 3.63) is 12.7 Å². The van der Waals surface area contributed by atoms with E-state index in [9.17, 15) is 19.6 Å². The Kier molecular flexibility index (Phi) is 14.2. The Morgan fingerprint density at radius 3 is 2.06 bits per heavy atom. The van der Waals surface area contributed by atoms with E-state index < -0.39 is 23.3 Å². The first-order valence-corrected chi connectivity index (χ1v) is 11.9. The van der Waals surface area contributed by atoms with E-state index in [1.165, 1.54) is 6.08 Å². The van der Waals surface area contributed by atoms with Gasteiger partial charge in [-0.05, 0) is 24.2 Å². The van der Waals surface area contributed by atoms with Crippen molar-refractivity contribution in [3.63, 3.8) is 0 Å². The number of hydroxylamine groups is 2. The lowest BCUT2D eigenvalue weighted by atomic mass is 9.83. The van der Waals surface area contributed by atoms with Gasteiger partial charge in [0, 0.05) is 38.5 Å². The van der Waals surface area contributed by atoms with Crippen LogP contribution >= 0.6 is 0 Å². The predicted molar refractivity (Wildman–Crippen MR) is 132 cm³/mol. The van der Waals surface area contributed by atoms with Crippen LogP contribution in [0.4, 0.5) is 0 Å². The highest BCUT2D eigenvalue weighted by Crippen LogP contribution is 2.25. The predicted octanol–water partition coefficient (Wildman–Crippen LogP) is 2.78. The number of hydrogen-bond donors (Lipinski definition) is 3. The molecule has 0 aromatic carbocycles. The molecule has 34 heavy (non-hydrogen) atoms. The Morgan fingerprint density at radius 2 is 1.65 bits per heavy atom. The molecule has 0 aliphatic rings. The molecule has 0 heterocycles. The highest BCUT2D eigenvalue weighted by molar-refractivity contribution is 5.91. The number of nitrogens with one attached hydrogen (secondary N) is 2. The van der Waals surface area contributed by atoms with Gasteiger partial charge in [-0.15, -0.1) is 6.58 Å². The van der Waals surface area contributed by atoms with Gasteiger partial charge in [-0.2, -0.15) is 0 Å². The van der Waals surface area contributed by atoms with E-state index in [1.54, 1.807) is 14.2 Å². The molecule has 0 saturated heterocycles. The SMILES string of the molecule is C=CCN(O)C(=O)C[C@@H](CC(C)C)C(=O)N[C@H](C(=O)NCC(CC)(COC)COC)C(C)(C)C. The number of methoxy groups -OCH3 is 2. The van der Waals surface area contributed by atoms with Crippen molar-refractivity contribution in [1.29, 1.82) is 0 Å². The molecule has 2 atom stereocenters. The minimum absolute atomic E-state index is 0.0238. The van der Waals surface area contributed by atoms with Gasteiger partial charge in [-0.3, -0.25) is 19.6 Å². The summed E-state index contributed by atoms with van der Waals surface area (Å²) in [6.07, 6.45) is 2.42. The van der Waals surface area contributed by atoms with Crippen LogP contribution in [-0.2, 0) is 23.9 Å². The maximum Gasteiger partial charge on any atom is 0.247 e. The van der Waals surface area contributed by atoms with Crippen molar-refractivity contribution in [2.24, 2.45) is 22.7 Å². The molecule has 0 spiro atoms. The number of nitrogens with zero attached hydrogens (tertiary/aromatic N) is 1. The molecule has 9 heteroatoms. The summed E-state index contributed by atoms with van der Waals surface area (Å²) in [7, 11) is 3.22. The van der Waals surface area contributed by atoms with Crippen molar-refractivity contribution in [2.45, 2.75) is 66.8 Å². The standard InChI is InChI=1S/C25H47N3O6/c1-10-12-28(32)20(29)14-19(13-18(3)4)22(30)27-21(24(5,6)7)23(31)26-15-25(11-2,16-33-8)17-34-9/h10,18-19,21,32H,1,11-17H2,2-9H3,(H,26,31)(H,27,30)/t19-,21-/m1/s1. The molecule has 0 rings (SSSR count). The van der Waals surface area contributed by atoms with Crippen LogP contribution in [0.25, 0.3) is 0 Å². The maximum absolute atomic E-state index is 13.2. The minimum Gasteiger partial charge on any atom is -0.384 e. The summed E-state index contributed by atoms with van der Waals surface area (Å²) in [6, 6.07) is -0.817. The van der Waals surface area contributed by atoms with E-state index in [1.807, 2.05) is 41.5 Å². The molecular weight excluding hydrogens is 438 g/mol. The molecule has 0 aromatic rings. The first-order valence-electron chi connectivity index (χ1n) is 11.9. The minimum atomic E-state index is -0.817. The van der Waals surface area contributed by atoms with Crippen LogP contribution in [0.5, 0.6) is 0 Å². The molecule has 3 N–H and O–H groups in total. The molecule has 0 fully saturated rings. The summed E-state index contributed by atoms with van der Waals surface area (Å²) < 4.78 is 10.7. The zero-order chi connectivity index (χ0) is 26.5.